The molecule has 1 aliphatic carbocycles. The third kappa shape index (κ3) is 4.75. The van der Waals surface area contributed by atoms with Gasteiger partial charge in [-0.1, -0.05) is 12.8 Å². The van der Waals surface area contributed by atoms with Crippen LogP contribution in [0.2, 0.25) is 0 Å². The first-order valence-electron chi connectivity index (χ1n) is 11.3. The second-order valence-electron chi connectivity index (χ2n) is 9.08. The van der Waals surface area contributed by atoms with E-state index in [-0.39, 0.29) is 55.0 Å². The van der Waals surface area contributed by atoms with Gasteiger partial charge in [-0.2, -0.15) is 4.31 Å². The normalized spacial score (nSPS) is 25.5. The fraction of sp³-hybridized carbons (Fsp3) is 0.591. The summed E-state index contributed by atoms with van der Waals surface area (Å²) in [5.74, 6) is -0.617. The van der Waals surface area contributed by atoms with Gasteiger partial charge in [-0.25, -0.2) is 13.2 Å². The van der Waals surface area contributed by atoms with E-state index in [0.717, 1.165) is 17.7 Å². The van der Waals surface area contributed by atoms with Gasteiger partial charge in [0.25, 0.3) is 5.91 Å². The number of carbonyl (C=O) groups excluding carboxylic acids is 3. The summed E-state index contributed by atoms with van der Waals surface area (Å²) in [6.45, 7) is 4.25. The van der Waals surface area contributed by atoms with Crippen LogP contribution < -0.4 is 10.6 Å². The van der Waals surface area contributed by atoms with Crippen molar-refractivity contribution in [3.8, 4) is 0 Å². The summed E-state index contributed by atoms with van der Waals surface area (Å²) in [5, 5.41) is 5.48. The van der Waals surface area contributed by atoms with Gasteiger partial charge in [0.15, 0.2) is 0 Å². The minimum absolute atomic E-state index is 0.00187. The van der Waals surface area contributed by atoms with E-state index >= 15 is 0 Å². The lowest BCUT2D eigenvalue weighted by molar-refractivity contribution is -0.131. The van der Waals surface area contributed by atoms with Crippen LogP contribution in [-0.2, 0) is 24.3 Å². The third-order valence-electron chi connectivity index (χ3n) is 6.43. The van der Waals surface area contributed by atoms with Crippen LogP contribution in [0.25, 0.3) is 0 Å². The van der Waals surface area contributed by atoms with E-state index in [9.17, 15) is 22.8 Å². The third-order valence-corrected chi connectivity index (χ3v) is 8.27. The van der Waals surface area contributed by atoms with Crippen molar-refractivity contribution in [1.29, 1.82) is 0 Å². The molecule has 1 saturated carbocycles. The lowest BCUT2D eigenvalue weighted by Gasteiger charge is -2.34. The van der Waals surface area contributed by atoms with Crippen LogP contribution in [-0.4, -0.2) is 72.8 Å². The molecule has 0 radical (unpaired) electrons. The molecule has 3 aliphatic rings. The van der Waals surface area contributed by atoms with E-state index in [4.69, 9.17) is 4.74 Å². The Bertz CT molecular complexity index is 1030. The topological polar surface area (TPSA) is 125 Å². The van der Waals surface area contributed by atoms with Crippen molar-refractivity contribution in [3.05, 3.63) is 24.3 Å². The number of amides is 4. The fourth-order valence-electron chi connectivity index (χ4n) is 4.82. The highest BCUT2D eigenvalue weighted by Crippen LogP contribution is 2.35. The number of carbonyl (C=O) groups is 3. The van der Waals surface area contributed by atoms with Crippen LogP contribution in [0, 0.1) is 0 Å². The zero-order valence-corrected chi connectivity index (χ0v) is 19.7. The van der Waals surface area contributed by atoms with E-state index < -0.39 is 21.6 Å². The lowest BCUT2D eigenvalue weighted by Crippen LogP contribution is -2.48. The SMILES string of the molecule is CC1CN(S(=O)(=O)c2ccc(NC(=O)CCN3C(=O)NC4(CCCC4)C3=O)cc2)CC(C)O1. The number of hydrogen-bond acceptors (Lipinski definition) is 6. The Morgan fingerprint density at radius 3 is 2.33 bits per heavy atom. The van der Waals surface area contributed by atoms with Crippen molar-refractivity contribution in [2.75, 3.05) is 25.0 Å². The number of benzene rings is 1. The van der Waals surface area contributed by atoms with Gasteiger partial charge in [0.1, 0.15) is 5.54 Å². The zero-order valence-electron chi connectivity index (χ0n) is 18.9. The largest absolute Gasteiger partial charge is 0.373 e. The van der Waals surface area contributed by atoms with Crippen molar-refractivity contribution in [1.82, 2.24) is 14.5 Å². The number of morpholine rings is 1. The van der Waals surface area contributed by atoms with Gasteiger partial charge < -0.3 is 15.4 Å². The maximum absolute atomic E-state index is 12.9. The number of urea groups is 1. The molecule has 4 rings (SSSR count). The summed E-state index contributed by atoms with van der Waals surface area (Å²) in [5.41, 5.74) is -0.350. The molecule has 2 saturated heterocycles. The molecular formula is C22H30N4O6S. The Balaban J connectivity index is 1.33. The summed E-state index contributed by atoms with van der Waals surface area (Å²) in [6, 6.07) is 5.52. The molecule has 33 heavy (non-hydrogen) atoms. The minimum atomic E-state index is -3.67. The monoisotopic (exact) mass is 478 g/mol. The Morgan fingerprint density at radius 2 is 1.73 bits per heavy atom. The number of anilines is 1. The molecule has 2 aliphatic heterocycles. The standard InChI is InChI=1S/C22H30N4O6S/c1-15-13-25(14-16(2)32-15)33(30,31)18-7-5-17(6-8-18)23-19(27)9-12-26-20(28)22(24-21(26)29)10-3-4-11-22/h5-8,15-16H,3-4,9-14H2,1-2H3,(H,23,27)(H,24,29). The van der Waals surface area contributed by atoms with E-state index in [0.29, 0.717) is 18.5 Å². The van der Waals surface area contributed by atoms with Crippen molar-refractivity contribution in [3.63, 3.8) is 0 Å². The molecule has 0 aromatic heterocycles. The molecule has 180 valence electrons. The summed E-state index contributed by atoms with van der Waals surface area (Å²) >= 11 is 0. The van der Waals surface area contributed by atoms with Crippen LogP contribution in [0.15, 0.2) is 29.2 Å². The average molecular weight is 479 g/mol. The van der Waals surface area contributed by atoms with Gasteiger partial charge in [-0.05, 0) is 51.0 Å². The van der Waals surface area contributed by atoms with E-state index in [1.165, 1.54) is 28.6 Å². The van der Waals surface area contributed by atoms with Crippen LogP contribution in [0.5, 0.6) is 0 Å². The van der Waals surface area contributed by atoms with E-state index in [1.54, 1.807) is 0 Å². The smallest absolute Gasteiger partial charge is 0.325 e. The Morgan fingerprint density at radius 1 is 1.12 bits per heavy atom. The van der Waals surface area contributed by atoms with Gasteiger partial charge in [0.05, 0.1) is 17.1 Å². The lowest BCUT2D eigenvalue weighted by atomic mass is 9.98. The first kappa shape index (κ1) is 23.7. The summed E-state index contributed by atoms with van der Waals surface area (Å²) in [6.07, 6.45) is 2.66. The number of ether oxygens (including phenoxy) is 1. The van der Waals surface area contributed by atoms with Crippen LogP contribution in [0.3, 0.4) is 0 Å². The highest BCUT2D eigenvalue weighted by molar-refractivity contribution is 7.89. The Labute approximate surface area is 193 Å². The predicted octanol–water partition coefficient (Wildman–Crippen LogP) is 1.68. The molecule has 3 fully saturated rings. The van der Waals surface area contributed by atoms with Crippen LogP contribution in [0.4, 0.5) is 10.5 Å². The molecule has 1 aromatic rings. The molecule has 2 atom stereocenters. The Kier molecular flexibility index (Phi) is 6.47. The van der Waals surface area contributed by atoms with E-state index in [1.807, 2.05) is 13.8 Å². The molecule has 0 bridgehead atoms. The number of nitrogens with one attached hydrogen (secondary N) is 2. The number of hydrogen-bond donors (Lipinski definition) is 2. The van der Waals surface area contributed by atoms with Gasteiger partial charge in [-0.15, -0.1) is 0 Å². The summed E-state index contributed by atoms with van der Waals surface area (Å²) < 4.78 is 32.9. The molecule has 1 spiro atoms. The number of rotatable bonds is 6. The highest BCUT2D eigenvalue weighted by Gasteiger charge is 2.52. The average Bonchev–Trinajstić information content (AvgIpc) is 3.31. The molecule has 1 aromatic carbocycles. The maximum Gasteiger partial charge on any atom is 0.325 e. The zero-order chi connectivity index (χ0) is 23.8. The maximum atomic E-state index is 12.9. The number of nitrogens with zero attached hydrogens (tertiary/aromatic N) is 2. The summed E-state index contributed by atoms with van der Waals surface area (Å²) in [4.78, 5) is 38.5. The first-order chi connectivity index (χ1) is 15.6. The second-order valence-corrected chi connectivity index (χ2v) is 11.0. The molecule has 11 heteroatoms. The number of imide groups is 1. The van der Waals surface area contributed by atoms with Gasteiger partial charge >= 0.3 is 6.03 Å². The first-order valence-corrected chi connectivity index (χ1v) is 12.7. The van der Waals surface area contributed by atoms with Crippen molar-refractivity contribution < 1.29 is 27.5 Å². The van der Waals surface area contributed by atoms with Gasteiger partial charge in [0, 0.05) is 31.7 Å². The van der Waals surface area contributed by atoms with Crippen LogP contribution in [0.1, 0.15) is 46.0 Å². The minimum Gasteiger partial charge on any atom is -0.373 e. The molecule has 2 N–H and O–H groups in total. The van der Waals surface area contributed by atoms with Crippen molar-refractivity contribution in [2.24, 2.45) is 0 Å². The molecule has 2 heterocycles. The van der Waals surface area contributed by atoms with E-state index in [2.05, 4.69) is 10.6 Å². The summed E-state index contributed by atoms with van der Waals surface area (Å²) in [7, 11) is -3.67. The molecule has 4 amide bonds. The van der Waals surface area contributed by atoms with Crippen molar-refractivity contribution >= 4 is 33.6 Å². The van der Waals surface area contributed by atoms with Gasteiger partial charge in [-0.3, -0.25) is 14.5 Å². The molecular weight excluding hydrogens is 448 g/mol. The molecule has 2 unspecified atom stereocenters. The highest BCUT2D eigenvalue weighted by atomic mass is 32.2. The molecule has 10 nitrogen and oxygen atoms in total. The van der Waals surface area contributed by atoms with Crippen LogP contribution >= 0.6 is 0 Å². The Hall–Kier alpha value is -2.50. The quantitative estimate of drug-likeness (QED) is 0.600. The van der Waals surface area contributed by atoms with Gasteiger partial charge in [0.2, 0.25) is 15.9 Å². The van der Waals surface area contributed by atoms with Crippen molar-refractivity contribution in [2.45, 2.75) is 68.6 Å². The second kappa shape index (κ2) is 9.03. The number of sulfonamides is 1. The fourth-order valence-corrected chi connectivity index (χ4v) is 6.41. The predicted molar refractivity (Wildman–Crippen MR) is 120 cm³/mol.